The summed E-state index contributed by atoms with van der Waals surface area (Å²) >= 11 is 0. The molecule has 94 valence electrons. The lowest BCUT2D eigenvalue weighted by Gasteiger charge is -2.40. The van der Waals surface area contributed by atoms with Gasteiger partial charge < -0.3 is 5.32 Å². The minimum Gasteiger partial charge on any atom is -0.318 e. The Balaban J connectivity index is 1.97. The molecule has 2 aliphatic rings. The molecule has 0 aromatic rings. The summed E-state index contributed by atoms with van der Waals surface area (Å²) in [4.78, 5) is 2.84. The lowest BCUT2D eigenvalue weighted by Crippen LogP contribution is -2.47. The summed E-state index contributed by atoms with van der Waals surface area (Å²) in [6.45, 7) is 4.92. The maximum absolute atomic E-state index is 3.37. The predicted molar refractivity (Wildman–Crippen MR) is 69.7 cm³/mol. The Labute approximate surface area is 101 Å². The van der Waals surface area contributed by atoms with Gasteiger partial charge in [-0.05, 0) is 45.2 Å². The highest BCUT2D eigenvalue weighted by molar-refractivity contribution is 4.90. The molecule has 2 fully saturated rings. The highest BCUT2D eigenvalue weighted by Crippen LogP contribution is 2.34. The topological polar surface area (TPSA) is 15.3 Å². The van der Waals surface area contributed by atoms with Crippen molar-refractivity contribution in [3.05, 3.63) is 0 Å². The van der Waals surface area contributed by atoms with Crippen LogP contribution in [0.5, 0.6) is 0 Å². The third-order valence-corrected chi connectivity index (χ3v) is 4.68. The summed E-state index contributed by atoms with van der Waals surface area (Å²) < 4.78 is 0. The van der Waals surface area contributed by atoms with E-state index in [2.05, 4.69) is 24.2 Å². The van der Waals surface area contributed by atoms with E-state index in [0.717, 1.165) is 18.0 Å². The summed E-state index contributed by atoms with van der Waals surface area (Å²) in [6, 6.07) is 1.72. The van der Waals surface area contributed by atoms with Crippen molar-refractivity contribution in [2.75, 3.05) is 20.1 Å². The molecule has 0 amide bonds. The highest BCUT2D eigenvalue weighted by atomic mass is 15.2. The van der Waals surface area contributed by atoms with Crippen LogP contribution in [0.4, 0.5) is 0 Å². The molecule has 2 nitrogen and oxygen atoms in total. The van der Waals surface area contributed by atoms with Crippen LogP contribution in [0, 0.1) is 5.92 Å². The third-order valence-electron chi connectivity index (χ3n) is 4.68. The van der Waals surface area contributed by atoms with Gasteiger partial charge in [0, 0.05) is 18.6 Å². The van der Waals surface area contributed by atoms with Crippen LogP contribution < -0.4 is 5.32 Å². The maximum atomic E-state index is 3.37. The Morgan fingerprint density at radius 2 is 1.94 bits per heavy atom. The standard InChI is InChI=1S/C14H28N2/c1-3-12-7-4-5-9-14(12)16-10-6-8-13(16)11-15-2/h12-15H,3-11H2,1-2H3. The Bertz CT molecular complexity index is 205. The van der Waals surface area contributed by atoms with Crippen LogP contribution in [0.3, 0.4) is 0 Å². The second-order valence-corrected chi connectivity index (χ2v) is 5.61. The van der Waals surface area contributed by atoms with E-state index >= 15 is 0 Å². The quantitative estimate of drug-likeness (QED) is 0.790. The molecule has 0 radical (unpaired) electrons. The summed E-state index contributed by atoms with van der Waals surface area (Å²) in [6.07, 6.45) is 10.1. The van der Waals surface area contributed by atoms with Crippen molar-refractivity contribution in [1.29, 1.82) is 0 Å². The summed E-state index contributed by atoms with van der Waals surface area (Å²) in [7, 11) is 2.09. The van der Waals surface area contributed by atoms with Gasteiger partial charge in [-0.1, -0.05) is 26.2 Å². The molecule has 2 heteroatoms. The third kappa shape index (κ3) is 2.60. The number of nitrogens with one attached hydrogen (secondary N) is 1. The molecule has 0 aromatic carbocycles. The van der Waals surface area contributed by atoms with E-state index in [1.54, 1.807) is 0 Å². The van der Waals surface area contributed by atoms with Crippen molar-refractivity contribution >= 4 is 0 Å². The van der Waals surface area contributed by atoms with Gasteiger partial charge in [0.25, 0.3) is 0 Å². The van der Waals surface area contributed by atoms with Gasteiger partial charge in [-0.2, -0.15) is 0 Å². The van der Waals surface area contributed by atoms with Crippen molar-refractivity contribution in [1.82, 2.24) is 10.2 Å². The molecule has 1 heterocycles. The molecule has 0 bridgehead atoms. The molecule has 3 atom stereocenters. The molecular formula is C14H28N2. The van der Waals surface area contributed by atoms with Crippen LogP contribution in [0.15, 0.2) is 0 Å². The van der Waals surface area contributed by atoms with Crippen LogP contribution in [0.25, 0.3) is 0 Å². The van der Waals surface area contributed by atoms with E-state index in [-0.39, 0.29) is 0 Å². The molecule has 0 spiro atoms. The van der Waals surface area contributed by atoms with Gasteiger partial charge in [0.1, 0.15) is 0 Å². The van der Waals surface area contributed by atoms with E-state index in [1.807, 2.05) is 0 Å². The van der Waals surface area contributed by atoms with Gasteiger partial charge in [-0.15, -0.1) is 0 Å². The second-order valence-electron chi connectivity index (χ2n) is 5.61. The van der Waals surface area contributed by atoms with Gasteiger partial charge in [0.2, 0.25) is 0 Å². The van der Waals surface area contributed by atoms with E-state index in [4.69, 9.17) is 0 Å². The largest absolute Gasteiger partial charge is 0.318 e. The van der Waals surface area contributed by atoms with Gasteiger partial charge in [-0.25, -0.2) is 0 Å². The normalized spacial score (nSPS) is 36.8. The fourth-order valence-electron chi connectivity index (χ4n) is 3.85. The van der Waals surface area contributed by atoms with Gasteiger partial charge in [-0.3, -0.25) is 4.90 Å². The molecule has 1 saturated carbocycles. The van der Waals surface area contributed by atoms with E-state index in [9.17, 15) is 0 Å². The minimum absolute atomic E-state index is 0.821. The number of rotatable bonds is 4. The number of hydrogen-bond donors (Lipinski definition) is 1. The molecule has 1 aliphatic heterocycles. The van der Waals surface area contributed by atoms with Crippen LogP contribution >= 0.6 is 0 Å². The average Bonchev–Trinajstić information content (AvgIpc) is 2.77. The molecule has 0 aromatic heterocycles. The zero-order valence-electron chi connectivity index (χ0n) is 11.0. The molecule has 2 rings (SSSR count). The molecular weight excluding hydrogens is 196 g/mol. The van der Waals surface area contributed by atoms with Crippen molar-refractivity contribution in [2.45, 2.75) is 64.0 Å². The van der Waals surface area contributed by atoms with Crippen molar-refractivity contribution in [3.63, 3.8) is 0 Å². The van der Waals surface area contributed by atoms with Crippen LogP contribution in [-0.4, -0.2) is 37.1 Å². The van der Waals surface area contributed by atoms with Gasteiger partial charge in [0.05, 0.1) is 0 Å². The number of hydrogen-bond acceptors (Lipinski definition) is 2. The molecule has 1 aliphatic carbocycles. The van der Waals surface area contributed by atoms with Crippen LogP contribution in [0.1, 0.15) is 51.9 Å². The monoisotopic (exact) mass is 224 g/mol. The predicted octanol–water partition coefficient (Wildman–Crippen LogP) is 2.64. The highest BCUT2D eigenvalue weighted by Gasteiger charge is 2.35. The fourth-order valence-corrected chi connectivity index (χ4v) is 3.85. The van der Waals surface area contributed by atoms with E-state index < -0.39 is 0 Å². The zero-order valence-corrected chi connectivity index (χ0v) is 11.0. The first-order valence-corrected chi connectivity index (χ1v) is 7.27. The lowest BCUT2D eigenvalue weighted by atomic mass is 9.81. The Morgan fingerprint density at radius 3 is 2.69 bits per heavy atom. The molecule has 16 heavy (non-hydrogen) atoms. The second kappa shape index (κ2) is 6.02. The minimum atomic E-state index is 0.821. The Morgan fingerprint density at radius 1 is 1.12 bits per heavy atom. The average molecular weight is 224 g/mol. The van der Waals surface area contributed by atoms with E-state index in [0.29, 0.717) is 0 Å². The molecule has 1 saturated heterocycles. The van der Waals surface area contributed by atoms with E-state index in [1.165, 1.54) is 58.0 Å². The maximum Gasteiger partial charge on any atom is 0.0224 e. The SMILES string of the molecule is CCC1CCCCC1N1CCCC1CNC. The molecule has 1 N–H and O–H groups in total. The first-order chi connectivity index (χ1) is 7.86. The number of likely N-dealkylation sites (tertiary alicyclic amines) is 1. The first kappa shape index (κ1) is 12.4. The molecule has 3 unspecified atom stereocenters. The van der Waals surface area contributed by atoms with Crippen LogP contribution in [0.2, 0.25) is 0 Å². The summed E-state index contributed by atoms with van der Waals surface area (Å²) in [5, 5.41) is 3.37. The number of likely N-dealkylation sites (N-methyl/N-ethyl adjacent to an activating group) is 1. The van der Waals surface area contributed by atoms with Crippen molar-refractivity contribution in [2.24, 2.45) is 5.92 Å². The number of nitrogens with zero attached hydrogens (tertiary/aromatic N) is 1. The zero-order chi connectivity index (χ0) is 11.4. The lowest BCUT2D eigenvalue weighted by molar-refractivity contribution is 0.0897. The van der Waals surface area contributed by atoms with Gasteiger partial charge in [0.15, 0.2) is 0 Å². The fraction of sp³-hybridized carbons (Fsp3) is 1.00. The smallest absolute Gasteiger partial charge is 0.0224 e. The summed E-state index contributed by atoms with van der Waals surface area (Å²) in [5.74, 6) is 0.978. The van der Waals surface area contributed by atoms with Crippen molar-refractivity contribution < 1.29 is 0 Å². The van der Waals surface area contributed by atoms with Crippen LogP contribution in [-0.2, 0) is 0 Å². The van der Waals surface area contributed by atoms with Gasteiger partial charge >= 0.3 is 0 Å². The summed E-state index contributed by atoms with van der Waals surface area (Å²) in [5.41, 5.74) is 0. The Hall–Kier alpha value is -0.0800. The Kier molecular flexibility index (Phi) is 4.66. The van der Waals surface area contributed by atoms with Crippen molar-refractivity contribution in [3.8, 4) is 0 Å². The first-order valence-electron chi connectivity index (χ1n) is 7.27.